The summed E-state index contributed by atoms with van der Waals surface area (Å²) >= 11 is 0. The zero-order valence-corrected chi connectivity index (χ0v) is 5.84. The molecule has 0 N–H and O–H groups in total. The van der Waals surface area contributed by atoms with Gasteiger partial charge in [-0.05, 0) is 31.1 Å². The normalized spacial score (nSPS) is 40.9. The minimum atomic E-state index is 0.985. The van der Waals surface area contributed by atoms with E-state index in [1.165, 1.54) is 32.1 Å². The van der Waals surface area contributed by atoms with Crippen LogP contribution in [-0.4, -0.2) is 0 Å². The molecule has 50 valence electrons. The first kappa shape index (κ1) is 5.52. The van der Waals surface area contributed by atoms with Gasteiger partial charge in [0.15, 0.2) is 0 Å². The van der Waals surface area contributed by atoms with Gasteiger partial charge in [0.2, 0.25) is 0 Å². The van der Waals surface area contributed by atoms with Crippen LogP contribution >= 0.6 is 0 Å². The Balaban J connectivity index is 2.03. The van der Waals surface area contributed by atoms with Crippen LogP contribution in [0.2, 0.25) is 0 Å². The van der Waals surface area contributed by atoms with Crippen molar-refractivity contribution in [3.8, 4) is 0 Å². The summed E-state index contributed by atoms with van der Waals surface area (Å²) in [7, 11) is 0. The molecule has 0 heteroatoms. The Labute approximate surface area is 57.0 Å². The van der Waals surface area contributed by atoms with Gasteiger partial charge in [0.1, 0.15) is 0 Å². The number of hydrogen-bond donors (Lipinski definition) is 0. The summed E-state index contributed by atoms with van der Waals surface area (Å²) in [5.41, 5.74) is 0. The number of fused-ring (bicyclic) bond motifs is 1. The van der Waals surface area contributed by atoms with Crippen molar-refractivity contribution < 1.29 is 0 Å². The van der Waals surface area contributed by atoms with Crippen LogP contribution in [0, 0.1) is 11.8 Å². The molecule has 9 heavy (non-hydrogen) atoms. The molecule has 0 aromatic heterocycles. The first-order chi connectivity index (χ1) is 4.47. The van der Waals surface area contributed by atoms with Crippen molar-refractivity contribution in [3.05, 3.63) is 12.2 Å². The lowest BCUT2D eigenvalue weighted by atomic mass is 9.82. The smallest absolute Gasteiger partial charge is 0.0202 e. The molecule has 1 unspecified atom stereocenters. The minimum absolute atomic E-state index is 0.985. The van der Waals surface area contributed by atoms with E-state index in [-0.39, 0.29) is 0 Å². The average molecular weight is 122 g/mol. The van der Waals surface area contributed by atoms with Crippen LogP contribution in [-0.2, 0) is 0 Å². The molecular weight excluding hydrogens is 108 g/mol. The van der Waals surface area contributed by atoms with Crippen molar-refractivity contribution in [2.45, 2.75) is 32.1 Å². The summed E-state index contributed by atoms with van der Waals surface area (Å²) in [4.78, 5) is 0. The number of hydrogen-bond acceptors (Lipinski definition) is 0. The van der Waals surface area contributed by atoms with E-state index in [0.717, 1.165) is 11.8 Å². The molecule has 0 spiro atoms. The molecule has 0 amide bonds. The molecule has 2 atom stereocenters. The van der Waals surface area contributed by atoms with Crippen molar-refractivity contribution >= 4 is 0 Å². The highest BCUT2D eigenvalue weighted by atomic mass is 14.3. The molecule has 0 aliphatic heterocycles. The molecule has 0 bridgehead atoms. The van der Waals surface area contributed by atoms with Gasteiger partial charge in [0.05, 0.1) is 0 Å². The molecule has 2 rings (SSSR count). The highest BCUT2D eigenvalue weighted by Gasteiger charge is 2.24. The molecule has 0 heterocycles. The Kier molecular flexibility index (Phi) is 1.33. The first-order valence-corrected chi connectivity index (χ1v) is 4.13. The fourth-order valence-corrected chi connectivity index (χ4v) is 2.21. The Bertz CT molecular complexity index is 124. The fraction of sp³-hybridized carbons (Fsp3) is 0.778. The SMILES string of the molecule is C1=CC2CCCC[C@H]2C1. The average Bonchev–Trinajstić information content (AvgIpc) is 2.33. The second-order valence-electron chi connectivity index (χ2n) is 3.37. The largest absolute Gasteiger partial charge is 0.0880 e. The third kappa shape index (κ3) is 0.910. The van der Waals surface area contributed by atoms with Gasteiger partial charge in [0.25, 0.3) is 0 Å². The van der Waals surface area contributed by atoms with Gasteiger partial charge < -0.3 is 0 Å². The van der Waals surface area contributed by atoms with Crippen LogP contribution < -0.4 is 0 Å². The molecule has 1 saturated carbocycles. The topological polar surface area (TPSA) is 0 Å². The molecule has 1 fully saturated rings. The lowest BCUT2D eigenvalue weighted by Crippen LogP contribution is -2.12. The van der Waals surface area contributed by atoms with E-state index in [2.05, 4.69) is 12.2 Å². The van der Waals surface area contributed by atoms with Crippen molar-refractivity contribution in [2.75, 3.05) is 0 Å². The van der Waals surface area contributed by atoms with E-state index in [9.17, 15) is 0 Å². The predicted octanol–water partition coefficient (Wildman–Crippen LogP) is 2.75. The van der Waals surface area contributed by atoms with Crippen LogP contribution in [0.15, 0.2) is 12.2 Å². The van der Waals surface area contributed by atoms with Gasteiger partial charge in [0, 0.05) is 0 Å². The molecular formula is C9H14. The highest BCUT2D eigenvalue weighted by Crippen LogP contribution is 2.37. The van der Waals surface area contributed by atoms with Gasteiger partial charge in [-0.1, -0.05) is 25.0 Å². The monoisotopic (exact) mass is 122 g/mol. The lowest BCUT2D eigenvalue weighted by Gasteiger charge is -2.23. The zero-order valence-electron chi connectivity index (χ0n) is 5.84. The minimum Gasteiger partial charge on any atom is -0.0880 e. The van der Waals surface area contributed by atoms with Crippen LogP contribution in [0.4, 0.5) is 0 Å². The summed E-state index contributed by atoms with van der Waals surface area (Å²) < 4.78 is 0. The molecule has 0 aromatic rings. The second-order valence-corrected chi connectivity index (χ2v) is 3.37. The zero-order chi connectivity index (χ0) is 6.10. The van der Waals surface area contributed by atoms with Crippen LogP contribution in [0.3, 0.4) is 0 Å². The van der Waals surface area contributed by atoms with E-state index in [1.54, 1.807) is 0 Å². The van der Waals surface area contributed by atoms with Crippen LogP contribution in [0.5, 0.6) is 0 Å². The van der Waals surface area contributed by atoms with Crippen molar-refractivity contribution in [1.29, 1.82) is 0 Å². The van der Waals surface area contributed by atoms with E-state index in [4.69, 9.17) is 0 Å². The second kappa shape index (κ2) is 2.17. The summed E-state index contributed by atoms with van der Waals surface area (Å²) in [6.45, 7) is 0. The van der Waals surface area contributed by atoms with Crippen LogP contribution in [0.1, 0.15) is 32.1 Å². The highest BCUT2D eigenvalue weighted by molar-refractivity contribution is 5.02. The Morgan fingerprint density at radius 3 is 2.89 bits per heavy atom. The van der Waals surface area contributed by atoms with Crippen molar-refractivity contribution in [2.24, 2.45) is 11.8 Å². The molecule has 0 aromatic carbocycles. The number of rotatable bonds is 0. The van der Waals surface area contributed by atoms with Gasteiger partial charge in [-0.2, -0.15) is 0 Å². The summed E-state index contributed by atoms with van der Waals surface area (Å²) in [6.07, 6.45) is 12.1. The number of allylic oxidation sites excluding steroid dienone is 2. The quantitative estimate of drug-likeness (QED) is 0.433. The van der Waals surface area contributed by atoms with Crippen molar-refractivity contribution in [3.63, 3.8) is 0 Å². The van der Waals surface area contributed by atoms with E-state index in [1.807, 2.05) is 0 Å². The molecule has 0 nitrogen and oxygen atoms in total. The summed E-state index contributed by atoms with van der Waals surface area (Å²) in [5.74, 6) is 2.04. The van der Waals surface area contributed by atoms with Crippen molar-refractivity contribution in [1.82, 2.24) is 0 Å². The third-order valence-electron chi connectivity index (χ3n) is 2.79. The van der Waals surface area contributed by atoms with E-state index in [0.29, 0.717) is 0 Å². The predicted molar refractivity (Wildman–Crippen MR) is 39.2 cm³/mol. The molecule has 2 aliphatic carbocycles. The fourth-order valence-electron chi connectivity index (χ4n) is 2.21. The molecule has 0 saturated heterocycles. The maximum atomic E-state index is 2.43. The maximum Gasteiger partial charge on any atom is -0.0202 e. The molecule has 2 aliphatic rings. The van der Waals surface area contributed by atoms with E-state index >= 15 is 0 Å². The summed E-state index contributed by atoms with van der Waals surface area (Å²) in [6, 6.07) is 0. The van der Waals surface area contributed by atoms with E-state index < -0.39 is 0 Å². The lowest BCUT2D eigenvalue weighted by molar-refractivity contribution is 0.304. The Morgan fingerprint density at radius 2 is 2.00 bits per heavy atom. The van der Waals surface area contributed by atoms with Gasteiger partial charge in [-0.25, -0.2) is 0 Å². The Morgan fingerprint density at radius 1 is 1.11 bits per heavy atom. The third-order valence-corrected chi connectivity index (χ3v) is 2.79. The molecule has 0 radical (unpaired) electrons. The van der Waals surface area contributed by atoms with Gasteiger partial charge in [-0.15, -0.1) is 0 Å². The first-order valence-electron chi connectivity index (χ1n) is 4.13. The standard InChI is InChI=1S/C9H14/c1-2-5-9-7-3-6-8(9)4-1/h3,6,8-9H,1-2,4-5,7H2/t8?,9-/m0/s1. The van der Waals surface area contributed by atoms with Gasteiger partial charge in [-0.3, -0.25) is 0 Å². The summed E-state index contributed by atoms with van der Waals surface area (Å²) in [5, 5.41) is 0. The maximum absolute atomic E-state index is 2.43. The Hall–Kier alpha value is -0.260. The van der Waals surface area contributed by atoms with Crippen LogP contribution in [0.25, 0.3) is 0 Å². The van der Waals surface area contributed by atoms with Gasteiger partial charge >= 0.3 is 0 Å².